The highest BCUT2D eigenvalue weighted by molar-refractivity contribution is 6.39. The molecule has 0 radical (unpaired) electrons. The number of ether oxygens (including phenoxy) is 9. The second-order valence-electron chi connectivity index (χ2n) is 22.1. The Balaban J connectivity index is 1.45. The van der Waals surface area contributed by atoms with Crippen LogP contribution in [0.3, 0.4) is 0 Å². The molecule has 424 valence electrons. The van der Waals surface area contributed by atoms with Crippen molar-refractivity contribution in [1.82, 2.24) is 4.90 Å². The van der Waals surface area contributed by atoms with Crippen molar-refractivity contribution in [1.29, 1.82) is 0 Å². The van der Waals surface area contributed by atoms with Gasteiger partial charge in [0, 0.05) is 58.5 Å². The maximum absolute atomic E-state index is 14.6. The Morgan fingerprint density at radius 3 is 2.27 bits per heavy atom. The number of esters is 1. The third-order valence-corrected chi connectivity index (χ3v) is 16.1. The van der Waals surface area contributed by atoms with Crippen LogP contribution >= 0.6 is 0 Å². The number of piperidine rings is 1. The number of aliphatic hydroxyl groups excluding tert-OH is 1. The summed E-state index contributed by atoms with van der Waals surface area (Å²) in [4.78, 5) is 73.0. The molecule has 0 aromatic heterocycles. The minimum absolute atomic E-state index is 0.00449. The van der Waals surface area contributed by atoms with E-state index in [9.17, 15) is 34.2 Å². The molecule has 5 aliphatic rings. The van der Waals surface area contributed by atoms with Gasteiger partial charge in [0.05, 0.1) is 64.1 Å². The van der Waals surface area contributed by atoms with Crippen LogP contribution in [0.2, 0.25) is 0 Å². The number of fused-ring (bicyclic) bond motifs is 3. The van der Waals surface area contributed by atoms with Gasteiger partial charge in [0.2, 0.25) is 5.79 Å². The van der Waals surface area contributed by atoms with Gasteiger partial charge in [-0.25, -0.2) is 4.79 Å². The van der Waals surface area contributed by atoms with Crippen LogP contribution in [0.1, 0.15) is 126 Å². The molecule has 5 rings (SSSR count). The molecule has 75 heavy (non-hydrogen) atoms. The Bertz CT molecular complexity index is 1980. The Morgan fingerprint density at radius 2 is 1.57 bits per heavy atom. The first-order valence-corrected chi connectivity index (χ1v) is 27.7. The molecule has 17 heteroatoms. The van der Waals surface area contributed by atoms with Gasteiger partial charge in [-0.15, -0.1) is 0 Å². The molecule has 15 atom stereocenters. The van der Waals surface area contributed by atoms with Crippen LogP contribution in [0.25, 0.3) is 0 Å². The number of amides is 1. The van der Waals surface area contributed by atoms with Crippen molar-refractivity contribution < 1.29 is 76.8 Å². The highest BCUT2D eigenvalue weighted by Crippen LogP contribution is 2.38. The molecule has 1 saturated carbocycles. The van der Waals surface area contributed by atoms with Gasteiger partial charge in [0.25, 0.3) is 11.7 Å². The summed E-state index contributed by atoms with van der Waals surface area (Å²) in [5, 5.41) is 23.7. The van der Waals surface area contributed by atoms with Gasteiger partial charge in [0.1, 0.15) is 36.2 Å². The van der Waals surface area contributed by atoms with Crippen molar-refractivity contribution in [3.8, 4) is 0 Å². The third kappa shape index (κ3) is 17.8. The Kier molecular flexibility index (Phi) is 25.4. The van der Waals surface area contributed by atoms with E-state index in [4.69, 9.17) is 42.6 Å². The minimum Gasteiger partial charge on any atom is -0.460 e. The van der Waals surface area contributed by atoms with Gasteiger partial charge < -0.3 is 57.7 Å². The van der Waals surface area contributed by atoms with E-state index < -0.39 is 77.8 Å². The highest BCUT2D eigenvalue weighted by atomic mass is 16.6. The number of cyclic esters (lactones) is 1. The van der Waals surface area contributed by atoms with Crippen molar-refractivity contribution >= 4 is 29.2 Å². The van der Waals surface area contributed by atoms with Crippen LogP contribution in [-0.4, -0.2) is 173 Å². The van der Waals surface area contributed by atoms with Crippen LogP contribution in [0.5, 0.6) is 0 Å². The van der Waals surface area contributed by atoms with Gasteiger partial charge in [0.15, 0.2) is 5.78 Å². The number of nitrogens with zero attached hydrogens (tertiary/aromatic N) is 1. The van der Waals surface area contributed by atoms with Crippen molar-refractivity contribution in [3.63, 3.8) is 0 Å². The zero-order chi connectivity index (χ0) is 54.8. The predicted molar refractivity (Wildman–Crippen MR) is 280 cm³/mol. The molecule has 0 aromatic carbocycles. The topological polar surface area (TPSA) is 212 Å². The van der Waals surface area contributed by atoms with Gasteiger partial charge in [-0.2, -0.15) is 0 Å². The zero-order valence-corrected chi connectivity index (χ0v) is 46.6. The van der Waals surface area contributed by atoms with Gasteiger partial charge >= 0.3 is 5.97 Å². The molecule has 2 N–H and O–H groups in total. The number of Topliss-reactive ketones (excluding diaryl/α,β-unsaturated/α-hetero) is 3. The number of aliphatic hydroxyl groups is 2. The first kappa shape index (κ1) is 62.4. The molecule has 1 aliphatic carbocycles. The summed E-state index contributed by atoms with van der Waals surface area (Å²) in [6.07, 6.45) is 12.2. The number of rotatable bonds is 14. The maximum atomic E-state index is 14.6. The fourth-order valence-electron chi connectivity index (χ4n) is 11.2. The summed E-state index contributed by atoms with van der Waals surface area (Å²) in [6, 6.07) is -1.15. The van der Waals surface area contributed by atoms with E-state index in [0.29, 0.717) is 83.6 Å². The Labute approximate surface area is 446 Å². The lowest BCUT2D eigenvalue weighted by atomic mass is 9.78. The SMILES string of the molecule is COCCOCCOC1C[C@@H]2CC[C@@H](C)[C@@](O)(O2)C(=O)C(=O)N2CCCC[C@H]2C(=O)O[C@H]([C@H](C)C[C@@H]2CCC(OC3COC3)[C@H](OC)C2)CC(=O)[C@H](C)/C=C(\C)[C@@H](O)[C@@H](OC)C(=O)[C@H](C)C[C@H](C)/C=C/C=C/C=C/1C. The zero-order valence-electron chi connectivity index (χ0n) is 46.6. The molecule has 1 amide bonds. The van der Waals surface area contributed by atoms with E-state index in [1.54, 1.807) is 41.1 Å². The van der Waals surface area contributed by atoms with E-state index in [1.165, 1.54) is 12.0 Å². The normalized spacial score (nSPS) is 37.8. The molecule has 0 spiro atoms. The van der Waals surface area contributed by atoms with Crippen molar-refractivity contribution in [2.75, 3.05) is 67.5 Å². The molecule has 4 aliphatic heterocycles. The highest BCUT2D eigenvalue weighted by Gasteiger charge is 2.53. The average Bonchev–Trinajstić information content (AvgIpc) is 3.38. The number of carbonyl (C=O) groups excluding carboxylic acids is 5. The molecular formula is C58H91NO16. The van der Waals surface area contributed by atoms with Gasteiger partial charge in [-0.1, -0.05) is 71.1 Å². The molecular weight excluding hydrogens is 967 g/mol. The Hall–Kier alpha value is -3.49. The average molecular weight is 1060 g/mol. The van der Waals surface area contributed by atoms with Crippen LogP contribution < -0.4 is 0 Å². The molecule has 4 fully saturated rings. The van der Waals surface area contributed by atoms with Crippen molar-refractivity contribution in [3.05, 3.63) is 47.6 Å². The minimum atomic E-state index is -2.47. The summed E-state index contributed by atoms with van der Waals surface area (Å²) in [6.45, 7) is 15.4. The monoisotopic (exact) mass is 1060 g/mol. The second kappa shape index (κ2) is 30.6. The van der Waals surface area contributed by atoms with Gasteiger partial charge in [-0.3, -0.25) is 19.2 Å². The summed E-state index contributed by atoms with van der Waals surface area (Å²) in [5.74, 6) is -8.02. The summed E-state index contributed by atoms with van der Waals surface area (Å²) < 4.78 is 52.9. The van der Waals surface area contributed by atoms with Crippen LogP contribution in [-0.2, 0) is 66.6 Å². The lowest BCUT2D eigenvalue weighted by Gasteiger charge is -2.43. The second-order valence-corrected chi connectivity index (χ2v) is 22.1. The lowest BCUT2D eigenvalue weighted by molar-refractivity contribution is -0.266. The fraction of sp³-hybridized carbons (Fsp3) is 0.776. The molecule has 17 nitrogen and oxygen atoms in total. The number of hydrogen-bond acceptors (Lipinski definition) is 16. The molecule has 3 saturated heterocycles. The van der Waals surface area contributed by atoms with E-state index in [2.05, 4.69) is 0 Å². The summed E-state index contributed by atoms with van der Waals surface area (Å²) >= 11 is 0. The first-order chi connectivity index (χ1) is 35.8. The van der Waals surface area contributed by atoms with E-state index in [1.807, 2.05) is 58.1 Å². The number of allylic oxidation sites excluding steroid dienone is 6. The third-order valence-electron chi connectivity index (χ3n) is 16.1. The molecule has 2 bridgehead atoms. The van der Waals surface area contributed by atoms with Crippen molar-refractivity contribution in [2.45, 2.75) is 186 Å². The standard InChI is InChI=1S/C58H91NO16/c1-36-16-12-11-13-17-37(2)49(72-27-26-70-25-24-67-8)32-44-21-19-42(7)58(66,75-44)55(63)56(64)59-23-15-14-18-46(59)57(65)74-50(39(4)30-43-20-22-48(51(31-43)68-9)73-45-34-71-35-45)33-47(60)38(3)29-41(6)53(62)54(69-10)52(61)40(5)28-36/h11-13,16-17,29,36,38-40,42-46,48-51,53-54,62,66H,14-15,18-28,30-35H2,1-10H3/b13-11+,16-12+,37-17+,41-29+/t36-,38-,39-,40-,42-,43+,44+,46+,48?,49?,50+,51-,53-,54+,58-/m1/s1. The predicted octanol–water partition coefficient (Wildman–Crippen LogP) is 6.64. The number of hydrogen-bond donors (Lipinski definition) is 2. The van der Waals surface area contributed by atoms with E-state index in [0.717, 1.165) is 18.4 Å². The first-order valence-electron chi connectivity index (χ1n) is 27.7. The fourth-order valence-corrected chi connectivity index (χ4v) is 11.2. The number of ketones is 3. The van der Waals surface area contributed by atoms with Crippen LogP contribution in [0.4, 0.5) is 0 Å². The van der Waals surface area contributed by atoms with E-state index >= 15 is 0 Å². The molecule has 2 unspecified atom stereocenters. The summed E-state index contributed by atoms with van der Waals surface area (Å²) in [7, 11) is 4.66. The van der Waals surface area contributed by atoms with Crippen LogP contribution in [0, 0.1) is 35.5 Å². The Morgan fingerprint density at radius 1 is 0.827 bits per heavy atom. The maximum Gasteiger partial charge on any atom is 0.329 e. The lowest BCUT2D eigenvalue weighted by Crippen LogP contribution is -2.61. The molecule has 4 heterocycles. The number of carbonyl (C=O) groups is 5. The summed E-state index contributed by atoms with van der Waals surface area (Å²) in [5.41, 5.74) is 1.24. The number of methoxy groups -OCH3 is 3. The van der Waals surface area contributed by atoms with E-state index in [-0.39, 0.29) is 80.0 Å². The van der Waals surface area contributed by atoms with Crippen molar-refractivity contribution in [2.24, 2.45) is 35.5 Å². The molecule has 0 aromatic rings. The smallest absolute Gasteiger partial charge is 0.329 e. The van der Waals surface area contributed by atoms with Gasteiger partial charge in [-0.05, 0) is 107 Å². The quantitative estimate of drug-likeness (QED) is 0.0808. The van der Waals surface area contributed by atoms with Crippen LogP contribution in [0.15, 0.2) is 47.6 Å². The largest absolute Gasteiger partial charge is 0.460 e.